The molecule has 2 aliphatic heterocycles. The van der Waals surface area contributed by atoms with Gasteiger partial charge in [-0.15, -0.1) is 0 Å². The van der Waals surface area contributed by atoms with Crippen LogP contribution < -0.4 is 9.47 Å². The Morgan fingerprint density at radius 3 is 2.26 bits per heavy atom. The minimum atomic E-state index is -0.257. The summed E-state index contributed by atoms with van der Waals surface area (Å²) >= 11 is 0. The largest absolute Gasteiger partial charge is 0.481 e. The molecule has 0 bridgehead atoms. The van der Waals surface area contributed by atoms with E-state index in [4.69, 9.17) is 9.47 Å². The lowest BCUT2D eigenvalue weighted by molar-refractivity contribution is -0.180. The molecule has 27 heavy (non-hydrogen) atoms. The second kappa shape index (κ2) is 6.40. The molecule has 2 unspecified atom stereocenters. The second-order valence-electron chi connectivity index (χ2n) is 10.8. The molecule has 0 aromatic heterocycles. The number of nitrogens with zero attached hydrogens (tertiary/aromatic N) is 1. The molecule has 0 amide bonds. The molecule has 1 aromatic rings. The fourth-order valence-corrected chi connectivity index (χ4v) is 5.01. The lowest BCUT2D eigenvalue weighted by atomic mass is 9.79. The van der Waals surface area contributed by atoms with Crippen LogP contribution in [0, 0.1) is 0 Å². The van der Waals surface area contributed by atoms with Crippen molar-refractivity contribution in [3.05, 3.63) is 23.3 Å². The van der Waals surface area contributed by atoms with Gasteiger partial charge in [0.1, 0.15) is 0 Å². The molecule has 0 N–H and O–H groups in total. The van der Waals surface area contributed by atoms with E-state index in [1.807, 2.05) is 0 Å². The zero-order valence-corrected chi connectivity index (χ0v) is 18.2. The lowest BCUT2D eigenvalue weighted by Gasteiger charge is -2.52. The van der Waals surface area contributed by atoms with Crippen molar-refractivity contribution in [2.75, 3.05) is 13.1 Å². The maximum absolute atomic E-state index is 6.98. The minimum absolute atomic E-state index is 0.0248. The van der Waals surface area contributed by atoms with Crippen LogP contribution in [0.1, 0.15) is 91.2 Å². The van der Waals surface area contributed by atoms with Crippen LogP contribution in [0.25, 0.3) is 0 Å². The second-order valence-corrected chi connectivity index (χ2v) is 10.8. The highest BCUT2D eigenvalue weighted by Gasteiger charge is 2.53. The van der Waals surface area contributed by atoms with Gasteiger partial charge in [0.15, 0.2) is 17.6 Å². The molecule has 1 aliphatic carbocycles. The Labute approximate surface area is 165 Å². The fraction of sp³-hybridized carbons (Fsp3) is 0.750. The van der Waals surface area contributed by atoms with E-state index in [-0.39, 0.29) is 22.7 Å². The molecule has 2 fully saturated rings. The van der Waals surface area contributed by atoms with Gasteiger partial charge in [-0.25, -0.2) is 0 Å². The van der Waals surface area contributed by atoms with Crippen molar-refractivity contribution in [1.82, 2.24) is 4.90 Å². The summed E-state index contributed by atoms with van der Waals surface area (Å²) in [6.07, 6.45) is 7.36. The smallest absolute Gasteiger partial charge is 0.200 e. The fourth-order valence-electron chi connectivity index (χ4n) is 5.01. The molecule has 150 valence electrons. The monoisotopic (exact) mass is 371 g/mol. The van der Waals surface area contributed by atoms with Crippen molar-refractivity contribution in [2.24, 2.45) is 0 Å². The van der Waals surface area contributed by atoms with Gasteiger partial charge in [-0.3, -0.25) is 4.90 Å². The van der Waals surface area contributed by atoms with Gasteiger partial charge in [0.2, 0.25) is 5.72 Å². The van der Waals surface area contributed by atoms with Crippen molar-refractivity contribution in [3.8, 4) is 11.5 Å². The number of fused-ring (bicyclic) bond motifs is 2. The Morgan fingerprint density at radius 1 is 0.926 bits per heavy atom. The van der Waals surface area contributed by atoms with Crippen molar-refractivity contribution < 1.29 is 9.47 Å². The molecular formula is C24H37NO2. The first-order valence-electron chi connectivity index (χ1n) is 10.9. The number of hydrogen-bond donors (Lipinski definition) is 0. The molecule has 0 radical (unpaired) electrons. The summed E-state index contributed by atoms with van der Waals surface area (Å²) in [5.41, 5.74) is 2.47. The van der Waals surface area contributed by atoms with Crippen LogP contribution in [0.15, 0.2) is 12.1 Å². The van der Waals surface area contributed by atoms with Crippen LogP contribution in [0.5, 0.6) is 11.5 Å². The van der Waals surface area contributed by atoms with Crippen LogP contribution in [-0.4, -0.2) is 29.8 Å². The van der Waals surface area contributed by atoms with Crippen LogP contribution in [-0.2, 0) is 10.8 Å². The highest BCUT2D eigenvalue weighted by Crippen LogP contribution is 2.51. The molecule has 1 saturated carbocycles. The summed E-state index contributed by atoms with van der Waals surface area (Å²) in [5.74, 6) is 1.97. The van der Waals surface area contributed by atoms with E-state index in [1.54, 1.807) is 0 Å². The van der Waals surface area contributed by atoms with Crippen LogP contribution in [0.4, 0.5) is 0 Å². The summed E-state index contributed by atoms with van der Waals surface area (Å²) in [4.78, 5) is 2.58. The van der Waals surface area contributed by atoms with Crippen LogP contribution >= 0.6 is 0 Å². The van der Waals surface area contributed by atoms with Gasteiger partial charge in [0.05, 0.1) is 0 Å². The molecule has 1 aromatic carbocycles. The Bertz CT molecular complexity index is 706. The zero-order chi connectivity index (χ0) is 19.4. The predicted molar refractivity (Wildman–Crippen MR) is 111 cm³/mol. The van der Waals surface area contributed by atoms with Gasteiger partial charge >= 0.3 is 0 Å². The van der Waals surface area contributed by atoms with E-state index in [0.29, 0.717) is 0 Å². The van der Waals surface area contributed by atoms with Gasteiger partial charge in [0, 0.05) is 25.1 Å². The Hall–Kier alpha value is -1.22. The van der Waals surface area contributed by atoms with E-state index >= 15 is 0 Å². The topological polar surface area (TPSA) is 21.7 Å². The molecule has 4 rings (SSSR count). The third kappa shape index (κ3) is 3.26. The summed E-state index contributed by atoms with van der Waals surface area (Å²) in [6, 6.07) is 4.61. The van der Waals surface area contributed by atoms with Crippen molar-refractivity contribution in [3.63, 3.8) is 0 Å². The van der Waals surface area contributed by atoms with Crippen molar-refractivity contribution in [2.45, 2.75) is 103 Å². The molecule has 3 nitrogen and oxygen atoms in total. The van der Waals surface area contributed by atoms with Gasteiger partial charge in [-0.05, 0) is 54.6 Å². The zero-order valence-electron chi connectivity index (χ0n) is 18.2. The first-order chi connectivity index (χ1) is 12.6. The summed E-state index contributed by atoms with van der Waals surface area (Å²) < 4.78 is 13.8. The molecule has 2 atom stereocenters. The summed E-state index contributed by atoms with van der Waals surface area (Å²) in [5, 5.41) is 0. The van der Waals surface area contributed by atoms with E-state index in [2.05, 4.69) is 58.6 Å². The van der Waals surface area contributed by atoms with Crippen molar-refractivity contribution >= 4 is 0 Å². The highest BCUT2D eigenvalue weighted by atomic mass is 16.6. The van der Waals surface area contributed by atoms with Crippen LogP contribution in [0.2, 0.25) is 0 Å². The average Bonchev–Trinajstić information content (AvgIpc) is 3.12. The number of rotatable bonds is 1. The first-order valence-corrected chi connectivity index (χ1v) is 10.9. The third-order valence-electron chi connectivity index (χ3n) is 6.67. The van der Waals surface area contributed by atoms with Gasteiger partial charge in [-0.2, -0.15) is 0 Å². The average molecular weight is 372 g/mol. The molecule has 3 heteroatoms. The lowest BCUT2D eigenvalue weighted by Crippen LogP contribution is -2.64. The Kier molecular flexibility index (Phi) is 4.53. The van der Waals surface area contributed by atoms with Crippen LogP contribution in [0.3, 0.4) is 0 Å². The van der Waals surface area contributed by atoms with Gasteiger partial charge < -0.3 is 9.47 Å². The Balaban J connectivity index is 1.84. The number of hydrogen-bond acceptors (Lipinski definition) is 3. The first kappa shape index (κ1) is 19.1. The molecule has 0 spiro atoms. The minimum Gasteiger partial charge on any atom is -0.481 e. The maximum Gasteiger partial charge on any atom is 0.200 e. The van der Waals surface area contributed by atoms with Crippen molar-refractivity contribution in [1.29, 1.82) is 0 Å². The van der Waals surface area contributed by atoms with E-state index in [9.17, 15) is 0 Å². The summed E-state index contributed by atoms with van der Waals surface area (Å²) in [6.45, 7) is 16.0. The number of likely N-dealkylation sites (tertiary alicyclic amines) is 1. The Morgan fingerprint density at radius 2 is 1.63 bits per heavy atom. The molecule has 1 saturated heterocycles. The quantitative estimate of drug-likeness (QED) is 0.624. The molecular weight excluding hydrogens is 334 g/mol. The number of benzene rings is 1. The summed E-state index contributed by atoms with van der Waals surface area (Å²) in [7, 11) is 0. The van der Waals surface area contributed by atoms with E-state index in [0.717, 1.165) is 37.4 Å². The highest BCUT2D eigenvalue weighted by molar-refractivity contribution is 5.55. The number of ether oxygens (including phenoxy) is 2. The standard InChI is InChI=1S/C24H37NO2/c1-22(2,3)17-15-18(23(4,5)6)21-19(16-17)27-24(25-13-9-10-14-25)12-8-7-11-20(24)26-21/h15-16,20H,7-14H2,1-6H3. The van der Waals surface area contributed by atoms with Gasteiger partial charge in [0.25, 0.3) is 0 Å². The van der Waals surface area contributed by atoms with Gasteiger partial charge in [-0.1, -0.05) is 47.6 Å². The van der Waals surface area contributed by atoms with E-state index in [1.165, 1.54) is 36.8 Å². The molecule has 3 aliphatic rings. The third-order valence-corrected chi connectivity index (χ3v) is 6.67. The van der Waals surface area contributed by atoms with E-state index < -0.39 is 0 Å². The maximum atomic E-state index is 6.98. The predicted octanol–water partition coefficient (Wildman–Crippen LogP) is 5.79. The SMILES string of the molecule is CC(C)(C)c1cc2c(c(C(C)(C)C)c1)OC1CCCCC1(N1CCCC1)O2. The molecule has 2 heterocycles. The normalized spacial score (nSPS) is 28.9.